The van der Waals surface area contributed by atoms with Crippen LogP contribution >= 0.6 is 0 Å². The Bertz CT molecular complexity index is 590. The lowest BCUT2D eigenvalue weighted by atomic mass is 9.93. The third-order valence-corrected chi connectivity index (χ3v) is 3.68. The maximum atomic E-state index is 14.0. The minimum atomic E-state index is -0.360. The van der Waals surface area contributed by atoms with Crippen LogP contribution in [0.15, 0.2) is 36.4 Å². The molecule has 0 aliphatic rings. The predicted octanol–water partition coefficient (Wildman–Crippen LogP) is 3.69. The van der Waals surface area contributed by atoms with Gasteiger partial charge < -0.3 is 10.5 Å². The number of benzene rings is 2. The van der Waals surface area contributed by atoms with Crippen LogP contribution in [0.2, 0.25) is 0 Å². The molecule has 0 saturated heterocycles. The van der Waals surface area contributed by atoms with Crippen LogP contribution in [0.25, 0.3) is 0 Å². The zero-order chi connectivity index (χ0) is 14.7. The average Bonchev–Trinajstić information content (AvgIpc) is 2.42. The van der Waals surface area contributed by atoms with Gasteiger partial charge in [-0.25, -0.2) is 4.39 Å². The summed E-state index contributed by atoms with van der Waals surface area (Å²) in [5.41, 5.74) is 10.3. The second-order valence-corrected chi connectivity index (χ2v) is 5.07. The van der Waals surface area contributed by atoms with Gasteiger partial charge in [-0.05, 0) is 43.0 Å². The molecule has 2 rings (SSSR count). The van der Waals surface area contributed by atoms with Gasteiger partial charge in [0.25, 0.3) is 0 Å². The van der Waals surface area contributed by atoms with Gasteiger partial charge in [0.1, 0.15) is 11.6 Å². The SMILES string of the molecule is COc1ccc(C(N)Cc2c(C)cccc2C)c(F)c1. The molecular weight excluding hydrogens is 253 g/mol. The number of hydrogen-bond donors (Lipinski definition) is 1. The summed E-state index contributed by atoms with van der Waals surface area (Å²) in [5.74, 6) is 0.189. The van der Waals surface area contributed by atoms with Crippen LogP contribution in [0, 0.1) is 19.7 Å². The first-order chi connectivity index (χ1) is 9.52. The van der Waals surface area contributed by atoms with Crippen molar-refractivity contribution in [2.45, 2.75) is 26.3 Å². The minimum absolute atomic E-state index is 0.317. The van der Waals surface area contributed by atoms with Gasteiger partial charge in [0.05, 0.1) is 7.11 Å². The molecule has 2 nitrogen and oxygen atoms in total. The molecule has 1 atom stereocenters. The van der Waals surface area contributed by atoms with E-state index >= 15 is 0 Å². The maximum Gasteiger partial charge on any atom is 0.131 e. The third-order valence-electron chi connectivity index (χ3n) is 3.68. The molecule has 0 aromatic heterocycles. The molecule has 0 saturated carbocycles. The Hall–Kier alpha value is -1.87. The minimum Gasteiger partial charge on any atom is -0.497 e. The predicted molar refractivity (Wildman–Crippen MR) is 79.5 cm³/mol. The first-order valence-corrected chi connectivity index (χ1v) is 6.67. The lowest BCUT2D eigenvalue weighted by Crippen LogP contribution is -2.16. The zero-order valence-electron chi connectivity index (χ0n) is 12.1. The highest BCUT2D eigenvalue weighted by atomic mass is 19.1. The lowest BCUT2D eigenvalue weighted by Gasteiger charge is -2.17. The molecule has 1 unspecified atom stereocenters. The van der Waals surface area contributed by atoms with Gasteiger partial charge in [-0.2, -0.15) is 0 Å². The normalized spacial score (nSPS) is 12.2. The Morgan fingerprint density at radius 2 is 1.80 bits per heavy atom. The lowest BCUT2D eigenvalue weighted by molar-refractivity contribution is 0.410. The molecule has 3 heteroatoms. The molecule has 0 fully saturated rings. The van der Waals surface area contributed by atoms with Gasteiger partial charge in [-0.3, -0.25) is 0 Å². The zero-order valence-corrected chi connectivity index (χ0v) is 12.1. The number of aryl methyl sites for hydroxylation is 2. The van der Waals surface area contributed by atoms with Gasteiger partial charge in [0, 0.05) is 17.7 Å². The Morgan fingerprint density at radius 1 is 1.15 bits per heavy atom. The van der Waals surface area contributed by atoms with Crippen molar-refractivity contribution in [3.05, 3.63) is 64.5 Å². The first kappa shape index (κ1) is 14.5. The van der Waals surface area contributed by atoms with E-state index in [1.807, 2.05) is 6.07 Å². The quantitative estimate of drug-likeness (QED) is 0.922. The first-order valence-electron chi connectivity index (χ1n) is 6.67. The van der Waals surface area contributed by atoms with Crippen molar-refractivity contribution in [2.24, 2.45) is 5.73 Å². The Morgan fingerprint density at radius 3 is 2.35 bits per heavy atom. The van der Waals surface area contributed by atoms with Gasteiger partial charge in [-0.15, -0.1) is 0 Å². The van der Waals surface area contributed by atoms with E-state index in [0.717, 1.165) is 0 Å². The van der Waals surface area contributed by atoms with Gasteiger partial charge in [0.2, 0.25) is 0 Å². The topological polar surface area (TPSA) is 35.2 Å². The molecule has 0 aliphatic carbocycles. The molecule has 0 aliphatic heterocycles. The summed E-state index contributed by atoms with van der Waals surface area (Å²) >= 11 is 0. The average molecular weight is 273 g/mol. The summed E-state index contributed by atoms with van der Waals surface area (Å²) in [6, 6.07) is 10.6. The number of rotatable bonds is 4. The van der Waals surface area contributed by atoms with E-state index < -0.39 is 0 Å². The smallest absolute Gasteiger partial charge is 0.131 e. The summed E-state index contributed by atoms with van der Waals surface area (Å²) in [5, 5.41) is 0. The van der Waals surface area contributed by atoms with Crippen molar-refractivity contribution in [3.63, 3.8) is 0 Å². The highest BCUT2D eigenvalue weighted by Crippen LogP contribution is 2.25. The molecule has 0 bridgehead atoms. The van der Waals surface area contributed by atoms with Crippen molar-refractivity contribution in [2.75, 3.05) is 7.11 Å². The third kappa shape index (κ3) is 2.99. The molecule has 20 heavy (non-hydrogen) atoms. The molecule has 0 spiro atoms. The molecule has 0 amide bonds. The molecular formula is C17H20FNO. The molecule has 0 heterocycles. The van der Waals surface area contributed by atoms with Crippen LogP contribution in [-0.4, -0.2) is 7.11 Å². The van der Waals surface area contributed by atoms with Crippen molar-refractivity contribution >= 4 is 0 Å². The maximum absolute atomic E-state index is 14.0. The second-order valence-electron chi connectivity index (χ2n) is 5.07. The van der Waals surface area contributed by atoms with Crippen molar-refractivity contribution in [1.82, 2.24) is 0 Å². The summed E-state index contributed by atoms with van der Waals surface area (Å²) < 4.78 is 19.0. The molecule has 2 N–H and O–H groups in total. The van der Waals surface area contributed by atoms with Crippen LogP contribution in [0.5, 0.6) is 5.75 Å². The Kier molecular flexibility index (Phi) is 4.40. The van der Waals surface area contributed by atoms with E-state index in [9.17, 15) is 4.39 Å². The van der Waals surface area contributed by atoms with Crippen LogP contribution in [0.3, 0.4) is 0 Å². The summed E-state index contributed by atoms with van der Waals surface area (Å²) in [6.45, 7) is 4.11. The number of ether oxygens (including phenoxy) is 1. The summed E-state index contributed by atoms with van der Waals surface area (Å²) in [4.78, 5) is 0. The van der Waals surface area contributed by atoms with E-state index in [0.29, 0.717) is 17.7 Å². The number of methoxy groups -OCH3 is 1. The van der Waals surface area contributed by atoms with Crippen molar-refractivity contribution in [1.29, 1.82) is 0 Å². The standard InChI is InChI=1S/C17H20FNO/c1-11-5-4-6-12(2)15(11)10-17(19)14-8-7-13(20-3)9-16(14)18/h4-9,17H,10,19H2,1-3H3. The van der Waals surface area contributed by atoms with Crippen LogP contribution < -0.4 is 10.5 Å². The highest BCUT2D eigenvalue weighted by molar-refractivity contribution is 5.37. The fraction of sp³-hybridized carbons (Fsp3) is 0.294. The fourth-order valence-electron chi connectivity index (χ4n) is 2.44. The van der Waals surface area contributed by atoms with Gasteiger partial charge in [-0.1, -0.05) is 24.3 Å². The van der Waals surface area contributed by atoms with E-state index in [2.05, 4.69) is 26.0 Å². The molecule has 106 valence electrons. The number of halogens is 1. The monoisotopic (exact) mass is 273 g/mol. The van der Waals surface area contributed by atoms with E-state index in [4.69, 9.17) is 10.5 Å². The summed E-state index contributed by atoms with van der Waals surface area (Å²) in [6.07, 6.45) is 0.627. The molecule has 0 radical (unpaired) electrons. The largest absolute Gasteiger partial charge is 0.497 e. The molecule has 2 aromatic carbocycles. The Balaban J connectivity index is 2.26. The highest BCUT2D eigenvalue weighted by Gasteiger charge is 2.15. The number of nitrogens with two attached hydrogens (primary N) is 1. The number of hydrogen-bond acceptors (Lipinski definition) is 2. The van der Waals surface area contributed by atoms with Crippen LogP contribution in [-0.2, 0) is 6.42 Å². The Labute approximate surface area is 119 Å². The van der Waals surface area contributed by atoms with Gasteiger partial charge in [0.15, 0.2) is 0 Å². The van der Waals surface area contributed by atoms with Gasteiger partial charge >= 0.3 is 0 Å². The fourth-order valence-corrected chi connectivity index (χ4v) is 2.44. The van der Waals surface area contributed by atoms with Crippen LogP contribution in [0.1, 0.15) is 28.3 Å². The van der Waals surface area contributed by atoms with E-state index in [1.165, 1.54) is 29.9 Å². The molecule has 2 aromatic rings. The van der Waals surface area contributed by atoms with E-state index in [1.54, 1.807) is 12.1 Å². The van der Waals surface area contributed by atoms with Crippen molar-refractivity contribution in [3.8, 4) is 5.75 Å². The van der Waals surface area contributed by atoms with Crippen molar-refractivity contribution < 1.29 is 9.13 Å². The van der Waals surface area contributed by atoms with Crippen LogP contribution in [0.4, 0.5) is 4.39 Å². The van der Waals surface area contributed by atoms with E-state index in [-0.39, 0.29) is 11.9 Å². The summed E-state index contributed by atoms with van der Waals surface area (Å²) in [7, 11) is 1.52. The second kappa shape index (κ2) is 6.06.